The summed E-state index contributed by atoms with van der Waals surface area (Å²) in [5.74, 6) is -0.545. The molecular formula is C26H28NO6P. The Labute approximate surface area is 198 Å². The van der Waals surface area contributed by atoms with Crippen molar-refractivity contribution in [3.63, 3.8) is 0 Å². The summed E-state index contributed by atoms with van der Waals surface area (Å²) >= 11 is 0. The van der Waals surface area contributed by atoms with Gasteiger partial charge in [-0.05, 0) is 13.0 Å². The molecule has 1 heterocycles. The smallest absolute Gasteiger partial charge is 0.252 e. The number of carbonyl (C=O) groups excluding carboxylic acids is 1. The highest BCUT2D eigenvalue weighted by molar-refractivity contribution is 7.85. The predicted octanol–water partition coefficient (Wildman–Crippen LogP) is 0.926. The standard InChI is InChI=1S/C26H28NO6P/c1-17-23(25(30)24(29)21(16-28)33-17)27-26(31)20-14-8-9-15-22(20)34(32,18-10-4-2-5-11-18)19-12-6-3-7-13-19/h2-15,17,21,23-25,28-30H,16H2,1H3,(H,27,31)/t17?,21?,23-,24+,25?/m1/s1. The molecule has 0 spiro atoms. The first-order chi connectivity index (χ1) is 16.4. The number of aliphatic hydroxyl groups excluding tert-OH is 3. The van der Waals surface area contributed by atoms with Crippen LogP contribution in [-0.2, 0) is 9.30 Å². The van der Waals surface area contributed by atoms with Gasteiger partial charge in [-0.15, -0.1) is 0 Å². The lowest BCUT2D eigenvalue weighted by atomic mass is 9.93. The van der Waals surface area contributed by atoms with E-state index in [0.717, 1.165) is 0 Å². The maximum Gasteiger partial charge on any atom is 0.252 e. The van der Waals surface area contributed by atoms with Gasteiger partial charge in [0.15, 0.2) is 7.14 Å². The molecule has 8 heteroatoms. The molecule has 0 bridgehead atoms. The second kappa shape index (κ2) is 10.2. The number of amides is 1. The largest absolute Gasteiger partial charge is 0.394 e. The van der Waals surface area contributed by atoms with Crippen molar-refractivity contribution in [1.29, 1.82) is 0 Å². The van der Waals surface area contributed by atoms with Gasteiger partial charge in [0.05, 0.1) is 24.3 Å². The van der Waals surface area contributed by atoms with Gasteiger partial charge in [0.25, 0.3) is 5.91 Å². The zero-order valence-corrected chi connectivity index (χ0v) is 19.6. The average Bonchev–Trinajstić information content (AvgIpc) is 2.89. The van der Waals surface area contributed by atoms with Crippen LogP contribution >= 0.6 is 7.14 Å². The SMILES string of the molecule is CC1OC(CO)[C@H](O)C(O)[C@@H]1NC(=O)c1ccccc1P(=O)(c1ccccc1)c1ccccc1. The first-order valence-corrected chi connectivity index (χ1v) is 12.8. The third-order valence-corrected chi connectivity index (χ3v) is 9.32. The van der Waals surface area contributed by atoms with Gasteiger partial charge in [0.1, 0.15) is 18.3 Å². The van der Waals surface area contributed by atoms with Crippen molar-refractivity contribution >= 4 is 29.0 Å². The Morgan fingerprint density at radius 1 is 0.882 bits per heavy atom. The topological polar surface area (TPSA) is 116 Å². The van der Waals surface area contributed by atoms with Crippen LogP contribution < -0.4 is 21.2 Å². The van der Waals surface area contributed by atoms with Crippen molar-refractivity contribution in [3.05, 3.63) is 90.5 Å². The Kier molecular flexibility index (Phi) is 7.31. The second-order valence-electron chi connectivity index (χ2n) is 8.34. The molecular weight excluding hydrogens is 453 g/mol. The average molecular weight is 481 g/mol. The molecule has 1 aliphatic heterocycles. The minimum Gasteiger partial charge on any atom is -0.394 e. The van der Waals surface area contributed by atoms with Crippen molar-refractivity contribution in [2.45, 2.75) is 37.4 Å². The molecule has 4 N–H and O–H groups in total. The predicted molar refractivity (Wildman–Crippen MR) is 131 cm³/mol. The Bertz CT molecular complexity index is 1130. The van der Waals surface area contributed by atoms with Gasteiger partial charge in [-0.1, -0.05) is 78.9 Å². The molecule has 1 fully saturated rings. The number of rotatable bonds is 6. The summed E-state index contributed by atoms with van der Waals surface area (Å²) in [5.41, 5.74) is 0.205. The summed E-state index contributed by atoms with van der Waals surface area (Å²) in [6, 6.07) is 23.8. The fourth-order valence-electron chi connectivity index (χ4n) is 4.38. The van der Waals surface area contributed by atoms with E-state index in [0.29, 0.717) is 15.9 Å². The van der Waals surface area contributed by atoms with Crippen LogP contribution in [0.15, 0.2) is 84.9 Å². The molecule has 1 amide bonds. The molecule has 0 aliphatic carbocycles. The molecule has 5 atom stereocenters. The molecule has 0 aromatic heterocycles. The summed E-state index contributed by atoms with van der Waals surface area (Å²) < 4.78 is 20.4. The fraction of sp³-hybridized carbons (Fsp3) is 0.269. The van der Waals surface area contributed by atoms with Gasteiger partial charge in [-0.3, -0.25) is 4.79 Å². The van der Waals surface area contributed by atoms with E-state index in [2.05, 4.69) is 5.32 Å². The van der Waals surface area contributed by atoms with Crippen molar-refractivity contribution in [2.75, 3.05) is 6.61 Å². The third kappa shape index (κ3) is 4.45. The Morgan fingerprint density at radius 2 is 1.41 bits per heavy atom. The van der Waals surface area contributed by atoms with Crippen LogP contribution in [0.25, 0.3) is 0 Å². The van der Waals surface area contributed by atoms with Gasteiger partial charge in [-0.2, -0.15) is 0 Å². The van der Waals surface area contributed by atoms with E-state index in [1.807, 2.05) is 36.4 Å². The lowest BCUT2D eigenvalue weighted by Crippen LogP contribution is -2.63. The third-order valence-electron chi connectivity index (χ3n) is 6.20. The van der Waals surface area contributed by atoms with Crippen molar-refractivity contribution in [2.24, 2.45) is 0 Å². The number of hydrogen-bond acceptors (Lipinski definition) is 6. The van der Waals surface area contributed by atoms with Gasteiger partial charge in [0.2, 0.25) is 0 Å². The molecule has 1 saturated heterocycles. The summed E-state index contributed by atoms with van der Waals surface area (Å²) in [7, 11) is -3.42. The van der Waals surface area contributed by atoms with Gasteiger partial charge < -0.3 is 29.9 Å². The summed E-state index contributed by atoms with van der Waals surface area (Å²) in [5, 5.41) is 34.5. The molecule has 0 radical (unpaired) electrons. The van der Waals surface area contributed by atoms with Crippen LogP contribution in [0.2, 0.25) is 0 Å². The van der Waals surface area contributed by atoms with Crippen LogP contribution in [0.1, 0.15) is 17.3 Å². The van der Waals surface area contributed by atoms with Crippen molar-refractivity contribution in [3.8, 4) is 0 Å². The van der Waals surface area contributed by atoms with Gasteiger partial charge in [0, 0.05) is 15.9 Å². The summed E-state index contributed by atoms with van der Waals surface area (Å²) in [6.45, 7) is 1.19. The highest BCUT2D eigenvalue weighted by Gasteiger charge is 2.43. The minimum absolute atomic E-state index is 0.205. The molecule has 34 heavy (non-hydrogen) atoms. The number of benzene rings is 3. The number of hydrogen-bond donors (Lipinski definition) is 4. The van der Waals surface area contributed by atoms with Crippen LogP contribution in [0.3, 0.4) is 0 Å². The monoisotopic (exact) mass is 481 g/mol. The van der Waals surface area contributed by atoms with E-state index in [1.54, 1.807) is 55.5 Å². The quantitative estimate of drug-likeness (QED) is 0.390. The molecule has 4 rings (SSSR count). The van der Waals surface area contributed by atoms with Gasteiger partial charge >= 0.3 is 0 Å². The fourth-order valence-corrected chi connectivity index (χ4v) is 7.23. The molecule has 178 valence electrons. The highest BCUT2D eigenvalue weighted by atomic mass is 31.2. The Morgan fingerprint density at radius 3 is 1.97 bits per heavy atom. The summed E-state index contributed by atoms with van der Waals surface area (Å²) in [4.78, 5) is 13.5. The number of nitrogens with one attached hydrogen (secondary N) is 1. The normalized spacial score (nSPS) is 25.0. The minimum atomic E-state index is -3.42. The molecule has 3 aromatic rings. The van der Waals surface area contributed by atoms with E-state index in [9.17, 15) is 24.7 Å². The van der Waals surface area contributed by atoms with E-state index in [1.165, 1.54) is 0 Å². The van der Waals surface area contributed by atoms with E-state index >= 15 is 0 Å². The Balaban J connectivity index is 1.75. The van der Waals surface area contributed by atoms with Crippen molar-refractivity contribution in [1.82, 2.24) is 5.32 Å². The second-order valence-corrected chi connectivity index (χ2v) is 11.1. The molecule has 3 unspecified atom stereocenters. The van der Waals surface area contributed by atoms with Gasteiger partial charge in [-0.25, -0.2) is 0 Å². The van der Waals surface area contributed by atoms with Crippen LogP contribution in [-0.4, -0.2) is 58.3 Å². The first-order valence-electron chi connectivity index (χ1n) is 11.1. The lowest BCUT2D eigenvalue weighted by molar-refractivity contribution is -0.187. The first kappa shape index (κ1) is 24.3. The van der Waals surface area contributed by atoms with Crippen LogP contribution in [0.4, 0.5) is 0 Å². The van der Waals surface area contributed by atoms with E-state index < -0.39 is 50.1 Å². The maximum atomic E-state index is 14.8. The number of aliphatic hydroxyl groups is 3. The van der Waals surface area contributed by atoms with Crippen LogP contribution in [0, 0.1) is 0 Å². The zero-order chi connectivity index (χ0) is 24.3. The molecule has 1 aliphatic rings. The maximum absolute atomic E-state index is 14.8. The lowest BCUT2D eigenvalue weighted by Gasteiger charge is -2.41. The Hall–Kier alpha value is -2.80. The molecule has 3 aromatic carbocycles. The molecule has 7 nitrogen and oxygen atoms in total. The van der Waals surface area contributed by atoms with E-state index in [4.69, 9.17) is 4.74 Å². The zero-order valence-electron chi connectivity index (χ0n) is 18.7. The van der Waals surface area contributed by atoms with Crippen molar-refractivity contribution < 1.29 is 29.4 Å². The molecule has 0 saturated carbocycles. The highest BCUT2D eigenvalue weighted by Crippen LogP contribution is 2.43. The summed E-state index contributed by atoms with van der Waals surface area (Å²) in [6.07, 6.45) is -4.31. The number of carbonyl (C=O) groups is 1. The number of ether oxygens (including phenoxy) is 1. The van der Waals surface area contributed by atoms with Crippen LogP contribution in [0.5, 0.6) is 0 Å². The van der Waals surface area contributed by atoms with E-state index in [-0.39, 0.29) is 5.56 Å².